The third kappa shape index (κ3) is 3.49. The number of hydrogen-bond donors (Lipinski definition) is 0. The number of aromatic nitrogens is 2. The Bertz CT molecular complexity index is 451. The van der Waals surface area contributed by atoms with Crippen LogP contribution < -0.4 is 0 Å². The summed E-state index contributed by atoms with van der Waals surface area (Å²) in [6.07, 6.45) is 2.94. The largest absolute Gasteiger partial charge is 0.268 e. The molecule has 0 aliphatic heterocycles. The molecular weight excluding hydrogens is 248 g/mol. The molecule has 0 aliphatic carbocycles. The van der Waals surface area contributed by atoms with Crippen LogP contribution in [0.5, 0.6) is 0 Å². The van der Waals surface area contributed by atoms with Gasteiger partial charge in [0.05, 0.1) is 24.4 Å². The van der Waals surface area contributed by atoms with Gasteiger partial charge in [0.1, 0.15) is 9.84 Å². The summed E-state index contributed by atoms with van der Waals surface area (Å²) in [7, 11) is -2.96. The van der Waals surface area contributed by atoms with E-state index in [-0.39, 0.29) is 11.7 Å². The van der Waals surface area contributed by atoms with Crippen molar-refractivity contribution in [2.45, 2.75) is 32.2 Å². The molecule has 0 amide bonds. The van der Waals surface area contributed by atoms with Gasteiger partial charge in [0.25, 0.3) is 0 Å². The third-order valence-electron chi connectivity index (χ3n) is 2.32. The Labute approximate surface area is 102 Å². The van der Waals surface area contributed by atoms with Crippen molar-refractivity contribution in [2.75, 3.05) is 12.0 Å². The van der Waals surface area contributed by atoms with Crippen LogP contribution in [0, 0.1) is 0 Å². The Hall–Kier alpha value is -0.550. The smallest absolute Gasteiger partial charge is 0.149 e. The Kier molecular flexibility index (Phi) is 4.38. The minimum absolute atomic E-state index is 0.107. The van der Waals surface area contributed by atoms with Crippen molar-refractivity contribution in [3.8, 4) is 0 Å². The molecule has 0 saturated carbocycles. The molecule has 0 aliphatic rings. The first-order chi connectivity index (χ1) is 7.35. The number of hydrogen-bond acceptors (Lipinski definition) is 3. The van der Waals surface area contributed by atoms with Crippen LogP contribution in [0.3, 0.4) is 0 Å². The van der Waals surface area contributed by atoms with E-state index in [4.69, 9.17) is 11.6 Å². The van der Waals surface area contributed by atoms with Crippen molar-refractivity contribution in [3.63, 3.8) is 0 Å². The maximum Gasteiger partial charge on any atom is 0.149 e. The molecule has 92 valence electrons. The number of sulfone groups is 1. The molecule has 0 radical (unpaired) electrons. The molecule has 0 saturated heterocycles. The van der Waals surface area contributed by atoms with E-state index in [9.17, 15) is 8.42 Å². The highest BCUT2D eigenvalue weighted by molar-refractivity contribution is 7.90. The van der Waals surface area contributed by atoms with Gasteiger partial charge in [-0.15, -0.1) is 11.6 Å². The average Bonchev–Trinajstić information content (AvgIpc) is 2.56. The van der Waals surface area contributed by atoms with Crippen LogP contribution in [0.25, 0.3) is 0 Å². The molecule has 1 heterocycles. The summed E-state index contributed by atoms with van der Waals surface area (Å²) in [5.41, 5.74) is 2.00. The van der Waals surface area contributed by atoms with Crippen molar-refractivity contribution in [1.82, 2.24) is 9.78 Å². The summed E-state index contributed by atoms with van der Waals surface area (Å²) in [5, 5.41) is 4.18. The van der Waals surface area contributed by atoms with Gasteiger partial charge in [0.15, 0.2) is 0 Å². The van der Waals surface area contributed by atoms with E-state index in [1.165, 1.54) is 6.26 Å². The zero-order valence-corrected chi connectivity index (χ0v) is 11.3. The molecule has 0 fully saturated rings. The Balaban J connectivity index is 2.92. The van der Waals surface area contributed by atoms with Crippen LogP contribution in [-0.4, -0.2) is 30.2 Å². The summed E-state index contributed by atoms with van der Waals surface area (Å²) in [6.45, 7) is 4.48. The monoisotopic (exact) mass is 264 g/mol. The molecule has 1 aromatic heterocycles. The van der Waals surface area contributed by atoms with Gasteiger partial charge < -0.3 is 0 Å². The predicted molar refractivity (Wildman–Crippen MR) is 65.6 cm³/mol. The highest BCUT2D eigenvalue weighted by Gasteiger charge is 2.14. The highest BCUT2D eigenvalue weighted by Crippen LogP contribution is 2.20. The Morgan fingerprint density at radius 3 is 2.56 bits per heavy atom. The molecule has 16 heavy (non-hydrogen) atoms. The summed E-state index contributed by atoms with van der Waals surface area (Å²) in [6, 6.07) is 0. The van der Waals surface area contributed by atoms with Gasteiger partial charge in [-0.25, -0.2) is 8.42 Å². The summed E-state index contributed by atoms with van der Waals surface area (Å²) in [5.74, 6) is 0.804. The molecule has 0 unspecified atom stereocenters. The van der Waals surface area contributed by atoms with Gasteiger partial charge in [0.2, 0.25) is 0 Å². The highest BCUT2D eigenvalue weighted by atomic mass is 35.5. The molecule has 0 spiro atoms. The van der Waals surface area contributed by atoms with E-state index in [1.807, 2.05) is 13.8 Å². The fraction of sp³-hybridized carbons (Fsp3) is 0.700. The van der Waals surface area contributed by atoms with Gasteiger partial charge in [-0.2, -0.15) is 5.10 Å². The lowest BCUT2D eigenvalue weighted by molar-refractivity contribution is 0.569. The van der Waals surface area contributed by atoms with E-state index in [0.717, 1.165) is 11.3 Å². The summed E-state index contributed by atoms with van der Waals surface area (Å²) >= 11 is 5.81. The minimum Gasteiger partial charge on any atom is -0.268 e. The van der Waals surface area contributed by atoms with Crippen molar-refractivity contribution in [3.05, 3.63) is 17.5 Å². The topological polar surface area (TPSA) is 52.0 Å². The maximum absolute atomic E-state index is 11.1. The Morgan fingerprint density at radius 2 is 2.12 bits per heavy atom. The third-order valence-corrected chi connectivity index (χ3v) is 3.54. The fourth-order valence-corrected chi connectivity index (χ4v) is 2.35. The zero-order valence-electron chi connectivity index (χ0n) is 9.77. The lowest BCUT2D eigenvalue weighted by Gasteiger charge is -2.11. The molecule has 1 rings (SSSR count). The van der Waals surface area contributed by atoms with Gasteiger partial charge in [0, 0.05) is 17.5 Å². The first-order valence-corrected chi connectivity index (χ1v) is 7.73. The molecule has 0 aromatic carbocycles. The van der Waals surface area contributed by atoms with E-state index in [1.54, 1.807) is 10.9 Å². The maximum atomic E-state index is 11.1. The second-order valence-corrected chi connectivity index (χ2v) is 6.72. The van der Waals surface area contributed by atoms with Crippen LogP contribution in [0.4, 0.5) is 0 Å². The van der Waals surface area contributed by atoms with E-state index < -0.39 is 9.84 Å². The van der Waals surface area contributed by atoms with Crippen molar-refractivity contribution in [2.24, 2.45) is 0 Å². The molecule has 0 N–H and O–H groups in total. The molecule has 1 aromatic rings. The van der Waals surface area contributed by atoms with Crippen LogP contribution in [-0.2, 0) is 22.3 Å². The standard InChI is InChI=1S/C10H17ClN2O2S/c1-8(2)10-9(6-11)7-12-13(10)4-5-16(3,14)15/h7-8H,4-6H2,1-3H3. The van der Waals surface area contributed by atoms with E-state index in [0.29, 0.717) is 12.4 Å². The van der Waals surface area contributed by atoms with E-state index in [2.05, 4.69) is 5.10 Å². The van der Waals surface area contributed by atoms with Crippen LogP contribution in [0.2, 0.25) is 0 Å². The first kappa shape index (κ1) is 13.5. The van der Waals surface area contributed by atoms with Gasteiger partial charge in [-0.1, -0.05) is 13.8 Å². The number of nitrogens with zero attached hydrogens (tertiary/aromatic N) is 2. The van der Waals surface area contributed by atoms with Gasteiger partial charge in [-0.05, 0) is 5.92 Å². The van der Waals surface area contributed by atoms with E-state index >= 15 is 0 Å². The van der Waals surface area contributed by atoms with Crippen LogP contribution >= 0.6 is 11.6 Å². The number of alkyl halides is 1. The van der Waals surface area contributed by atoms with Crippen molar-refractivity contribution >= 4 is 21.4 Å². The van der Waals surface area contributed by atoms with Crippen molar-refractivity contribution < 1.29 is 8.42 Å². The molecular formula is C10H17ClN2O2S. The van der Waals surface area contributed by atoms with Crippen LogP contribution in [0.1, 0.15) is 31.0 Å². The quantitative estimate of drug-likeness (QED) is 0.762. The fourth-order valence-electron chi connectivity index (χ4n) is 1.64. The summed E-state index contributed by atoms with van der Waals surface area (Å²) < 4.78 is 23.9. The lowest BCUT2D eigenvalue weighted by Crippen LogP contribution is -2.15. The number of rotatable bonds is 5. The molecule has 4 nitrogen and oxygen atoms in total. The van der Waals surface area contributed by atoms with Gasteiger partial charge >= 0.3 is 0 Å². The molecule has 6 heteroatoms. The number of halogens is 1. The normalized spacial score (nSPS) is 12.3. The minimum atomic E-state index is -2.96. The van der Waals surface area contributed by atoms with Gasteiger partial charge in [-0.3, -0.25) is 4.68 Å². The average molecular weight is 265 g/mol. The first-order valence-electron chi connectivity index (χ1n) is 5.13. The SMILES string of the molecule is CC(C)c1c(CCl)cnn1CCS(C)(=O)=O. The zero-order chi connectivity index (χ0) is 12.3. The summed E-state index contributed by atoms with van der Waals surface area (Å²) in [4.78, 5) is 0. The number of aryl methyl sites for hydroxylation is 1. The van der Waals surface area contributed by atoms with Crippen LogP contribution in [0.15, 0.2) is 6.20 Å². The molecule has 0 atom stereocenters. The second kappa shape index (κ2) is 5.19. The van der Waals surface area contributed by atoms with Crippen molar-refractivity contribution in [1.29, 1.82) is 0 Å². The Morgan fingerprint density at radius 1 is 1.50 bits per heavy atom. The molecule has 0 bridgehead atoms. The predicted octanol–water partition coefficient (Wildman–Crippen LogP) is 1.79. The second-order valence-electron chi connectivity index (χ2n) is 4.20. The lowest BCUT2D eigenvalue weighted by atomic mass is 10.1.